The zero-order chi connectivity index (χ0) is 15.7. The summed E-state index contributed by atoms with van der Waals surface area (Å²) in [5, 5.41) is 31.8. The van der Waals surface area contributed by atoms with Gasteiger partial charge in [-0.3, -0.25) is 4.79 Å². The molecule has 0 aliphatic heterocycles. The first-order valence-electron chi connectivity index (χ1n) is 6.15. The number of nitrogens with zero attached hydrogens (tertiary/aromatic N) is 3. The third-order valence-corrected chi connectivity index (χ3v) is 2.70. The molecule has 1 aromatic rings. The van der Waals surface area contributed by atoms with Crippen molar-refractivity contribution in [3.8, 4) is 18.2 Å². The minimum Gasteiger partial charge on any atom is -0.359 e. The highest BCUT2D eigenvalue weighted by Crippen LogP contribution is 2.15. The zero-order valence-corrected chi connectivity index (χ0v) is 11.5. The lowest BCUT2D eigenvalue weighted by atomic mass is 10.1. The molecular formula is C15H13N5O. The average molecular weight is 279 g/mol. The Bertz CT molecular complexity index is 669. The Kier molecular flexibility index (Phi) is 5.99. The van der Waals surface area contributed by atoms with E-state index in [0.717, 1.165) is 5.56 Å². The molecule has 0 heterocycles. The van der Waals surface area contributed by atoms with Gasteiger partial charge in [-0.2, -0.15) is 15.8 Å². The number of carbonyl (C=O) groups is 1. The largest absolute Gasteiger partial charge is 0.359 e. The van der Waals surface area contributed by atoms with E-state index in [1.54, 1.807) is 43.5 Å². The maximum Gasteiger partial charge on any atom is 0.220 e. The second-order valence-corrected chi connectivity index (χ2v) is 4.08. The van der Waals surface area contributed by atoms with E-state index in [-0.39, 0.29) is 17.2 Å². The summed E-state index contributed by atoms with van der Waals surface area (Å²) in [7, 11) is 1.58. The second kappa shape index (κ2) is 7.99. The molecule has 0 aliphatic rings. The minimum atomic E-state index is -0.270. The van der Waals surface area contributed by atoms with Gasteiger partial charge in [0.25, 0.3) is 0 Å². The fourth-order valence-corrected chi connectivity index (χ4v) is 1.61. The van der Waals surface area contributed by atoms with Gasteiger partial charge in [0.05, 0.1) is 0 Å². The number of rotatable bonds is 5. The van der Waals surface area contributed by atoms with Crippen molar-refractivity contribution in [3.05, 3.63) is 41.1 Å². The molecule has 0 aliphatic carbocycles. The van der Waals surface area contributed by atoms with E-state index >= 15 is 0 Å². The topological polar surface area (TPSA) is 112 Å². The molecule has 1 amide bonds. The van der Waals surface area contributed by atoms with Crippen molar-refractivity contribution in [1.82, 2.24) is 5.32 Å². The molecule has 6 nitrogen and oxygen atoms in total. The van der Waals surface area contributed by atoms with Crippen LogP contribution in [0.4, 0.5) is 5.69 Å². The highest BCUT2D eigenvalue weighted by Gasteiger charge is 2.07. The molecule has 2 N–H and O–H groups in total. The zero-order valence-electron chi connectivity index (χ0n) is 11.5. The number of nitrogens with one attached hydrogen (secondary N) is 2. The minimum absolute atomic E-state index is 0.0535. The first kappa shape index (κ1) is 15.8. The van der Waals surface area contributed by atoms with Gasteiger partial charge in [-0.15, -0.1) is 0 Å². The number of allylic oxidation sites excluding steroid dienone is 2. The monoisotopic (exact) mass is 279 g/mol. The van der Waals surface area contributed by atoms with Gasteiger partial charge in [-0.1, -0.05) is 12.1 Å². The van der Waals surface area contributed by atoms with E-state index in [1.807, 2.05) is 6.07 Å². The van der Waals surface area contributed by atoms with Gasteiger partial charge in [0, 0.05) is 19.2 Å². The molecule has 0 saturated carbocycles. The van der Waals surface area contributed by atoms with Crippen molar-refractivity contribution in [2.75, 3.05) is 12.4 Å². The Balaban J connectivity index is 2.90. The summed E-state index contributed by atoms with van der Waals surface area (Å²) < 4.78 is 0. The van der Waals surface area contributed by atoms with Crippen LogP contribution in [0.15, 0.2) is 35.5 Å². The van der Waals surface area contributed by atoms with E-state index < -0.39 is 0 Å². The van der Waals surface area contributed by atoms with Crippen LogP contribution in [0.5, 0.6) is 0 Å². The molecule has 0 atom stereocenters. The van der Waals surface area contributed by atoms with Crippen LogP contribution >= 0.6 is 0 Å². The molecule has 1 rings (SSSR count). The smallest absolute Gasteiger partial charge is 0.220 e. The van der Waals surface area contributed by atoms with Gasteiger partial charge in [-0.25, -0.2) is 0 Å². The number of anilines is 1. The van der Waals surface area contributed by atoms with Crippen LogP contribution in [0.1, 0.15) is 12.0 Å². The van der Waals surface area contributed by atoms with E-state index in [4.69, 9.17) is 15.8 Å². The van der Waals surface area contributed by atoms with Crippen LogP contribution in [-0.2, 0) is 11.2 Å². The summed E-state index contributed by atoms with van der Waals surface area (Å²) in [5.41, 5.74) is 1.14. The Labute approximate surface area is 122 Å². The van der Waals surface area contributed by atoms with Gasteiger partial charge in [0.2, 0.25) is 5.91 Å². The predicted molar refractivity (Wildman–Crippen MR) is 76.3 cm³/mol. The van der Waals surface area contributed by atoms with E-state index in [2.05, 4.69) is 10.6 Å². The summed E-state index contributed by atoms with van der Waals surface area (Å²) in [5.74, 6) is -0.0535. The van der Waals surface area contributed by atoms with Crippen LogP contribution in [-0.4, -0.2) is 13.0 Å². The number of nitriles is 3. The number of hydrogen-bond acceptors (Lipinski definition) is 5. The Morgan fingerprint density at radius 3 is 2.48 bits per heavy atom. The predicted octanol–water partition coefficient (Wildman–Crippen LogP) is 1.60. The summed E-state index contributed by atoms with van der Waals surface area (Å²) in [6, 6.07) is 12.2. The van der Waals surface area contributed by atoms with Gasteiger partial charge in [-0.05, 0) is 24.1 Å². The molecule has 6 heteroatoms. The van der Waals surface area contributed by atoms with Gasteiger partial charge >= 0.3 is 0 Å². The molecule has 0 unspecified atom stereocenters. The molecule has 0 saturated heterocycles. The van der Waals surface area contributed by atoms with Crippen LogP contribution in [0, 0.1) is 34.0 Å². The van der Waals surface area contributed by atoms with E-state index in [1.165, 1.54) is 0 Å². The third kappa shape index (κ3) is 4.70. The second-order valence-electron chi connectivity index (χ2n) is 4.08. The van der Waals surface area contributed by atoms with Crippen molar-refractivity contribution in [1.29, 1.82) is 15.8 Å². The summed E-state index contributed by atoms with van der Waals surface area (Å²) in [6.07, 6.45) is 0.923. The molecule has 104 valence electrons. The number of hydrogen-bond donors (Lipinski definition) is 2. The van der Waals surface area contributed by atoms with Crippen molar-refractivity contribution in [3.63, 3.8) is 0 Å². The van der Waals surface area contributed by atoms with E-state index in [0.29, 0.717) is 18.5 Å². The Morgan fingerprint density at radius 1 is 1.19 bits per heavy atom. The van der Waals surface area contributed by atoms with Crippen molar-refractivity contribution in [2.24, 2.45) is 0 Å². The van der Waals surface area contributed by atoms with Crippen molar-refractivity contribution >= 4 is 11.6 Å². The van der Waals surface area contributed by atoms with Gasteiger partial charge in [0.15, 0.2) is 5.57 Å². The van der Waals surface area contributed by atoms with Crippen LogP contribution in [0.3, 0.4) is 0 Å². The molecule has 0 spiro atoms. The lowest BCUT2D eigenvalue weighted by molar-refractivity contribution is -0.120. The summed E-state index contributed by atoms with van der Waals surface area (Å²) >= 11 is 0. The van der Waals surface area contributed by atoms with Gasteiger partial charge < -0.3 is 10.6 Å². The molecule has 0 aromatic heterocycles. The quantitative estimate of drug-likeness (QED) is 0.795. The first-order valence-corrected chi connectivity index (χ1v) is 6.15. The van der Waals surface area contributed by atoms with E-state index in [9.17, 15) is 4.79 Å². The summed E-state index contributed by atoms with van der Waals surface area (Å²) in [6.45, 7) is 0. The van der Waals surface area contributed by atoms with Crippen molar-refractivity contribution in [2.45, 2.75) is 12.8 Å². The highest BCUT2D eigenvalue weighted by molar-refractivity contribution is 5.75. The Hall–Kier alpha value is -3.30. The maximum absolute atomic E-state index is 11.2. The Morgan fingerprint density at radius 2 is 1.90 bits per heavy atom. The number of amides is 1. The molecule has 0 bridgehead atoms. The molecule has 21 heavy (non-hydrogen) atoms. The lowest BCUT2D eigenvalue weighted by Crippen LogP contribution is -2.17. The molecule has 1 aromatic carbocycles. The number of carbonyl (C=O) groups excluding carboxylic acids is 1. The fraction of sp³-hybridized carbons (Fsp3) is 0.200. The van der Waals surface area contributed by atoms with Gasteiger partial charge in [0.1, 0.15) is 23.9 Å². The maximum atomic E-state index is 11.2. The van der Waals surface area contributed by atoms with Crippen LogP contribution in [0.2, 0.25) is 0 Å². The lowest BCUT2D eigenvalue weighted by Gasteiger charge is -2.07. The molecule has 0 radical (unpaired) electrons. The van der Waals surface area contributed by atoms with Crippen LogP contribution < -0.4 is 10.6 Å². The number of benzene rings is 1. The van der Waals surface area contributed by atoms with Crippen LogP contribution in [0.25, 0.3) is 0 Å². The normalized spacial score (nSPS) is 8.67. The van der Waals surface area contributed by atoms with Crippen molar-refractivity contribution < 1.29 is 4.79 Å². The summed E-state index contributed by atoms with van der Waals surface area (Å²) in [4.78, 5) is 11.2. The first-order chi connectivity index (χ1) is 10.1. The molecule has 0 fully saturated rings. The average Bonchev–Trinajstić information content (AvgIpc) is 2.53. The fourth-order valence-electron chi connectivity index (χ4n) is 1.61. The highest BCUT2D eigenvalue weighted by atomic mass is 16.1. The standard InChI is InChI=1S/C15H13N5O/c1-19-15(21)6-5-11-3-2-4-13(7-11)20-14(10-18)12(8-16)9-17/h2-4,7,20H,5-6H2,1H3,(H,19,21). The third-order valence-electron chi connectivity index (χ3n) is 2.70. The number of aryl methyl sites for hydroxylation is 1. The SMILES string of the molecule is CNC(=O)CCc1cccc(NC(C#N)=C(C#N)C#N)c1. The molecular weight excluding hydrogens is 266 g/mol.